The fraction of sp³-hybridized carbons (Fsp3) is 0.321. The Hall–Kier alpha value is -2.75. The second-order valence-corrected chi connectivity index (χ2v) is 9.02. The maximum Gasteiger partial charge on any atom is 0.188 e. The number of hydrogen-bond donors (Lipinski definition) is 0. The number of carbonyl (C=O) groups is 1. The SMILES string of the molecule is Cc1ccccc1CN1CCN(C2(c3ccccc3)Cc3c(C)cccc3C2=O)CC1. The Bertz CT molecular complexity index is 1100. The van der Waals surface area contributed by atoms with E-state index in [-0.39, 0.29) is 5.78 Å². The molecule has 1 aliphatic carbocycles. The monoisotopic (exact) mass is 410 g/mol. The summed E-state index contributed by atoms with van der Waals surface area (Å²) in [6.45, 7) is 9.06. The molecule has 1 heterocycles. The van der Waals surface area contributed by atoms with Crippen molar-refractivity contribution in [1.82, 2.24) is 9.80 Å². The minimum absolute atomic E-state index is 0.268. The summed E-state index contributed by atoms with van der Waals surface area (Å²) in [6.07, 6.45) is 0.773. The van der Waals surface area contributed by atoms with Crippen LogP contribution in [0, 0.1) is 13.8 Å². The van der Waals surface area contributed by atoms with E-state index >= 15 is 0 Å². The molecule has 3 heteroatoms. The van der Waals surface area contributed by atoms with Gasteiger partial charge in [0.15, 0.2) is 5.78 Å². The summed E-state index contributed by atoms with van der Waals surface area (Å²) in [5.41, 5.74) is 6.65. The lowest BCUT2D eigenvalue weighted by Crippen LogP contribution is -2.58. The van der Waals surface area contributed by atoms with E-state index in [2.05, 4.69) is 78.2 Å². The zero-order chi connectivity index (χ0) is 21.4. The van der Waals surface area contributed by atoms with Gasteiger partial charge in [0.2, 0.25) is 0 Å². The Morgan fingerprint density at radius 1 is 0.774 bits per heavy atom. The van der Waals surface area contributed by atoms with E-state index in [1.54, 1.807) is 0 Å². The van der Waals surface area contributed by atoms with Gasteiger partial charge in [0.25, 0.3) is 0 Å². The van der Waals surface area contributed by atoms with Crippen LogP contribution in [-0.2, 0) is 18.5 Å². The van der Waals surface area contributed by atoms with Crippen LogP contribution in [0.4, 0.5) is 0 Å². The van der Waals surface area contributed by atoms with Crippen molar-refractivity contribution in [2.75, 3.05) is 26.2 Å². The zero-order valence-corrected chi connectivity index (χ0v) is 18.5. The molecule has 0 radical (unpaired) electrons. The Labute approximate surface area is 185 Å². The number of aryl methyl sites for hydroxylation is 2. The number of nitrogens with zero attached hydrogens (tertiary/aromatic N) is 2. The summed E-state index contributed by atoms with van der Waals surface area (Å²) in [5, 5.41) is 0. The maximum absolute atomic E-state index is 13.9. The van der Waals surface area contributed by atoms with Crippen molar-refractivity contribution < 1.29 is 4.79 Å². The van der Waals surface area contributed by atoms with Crippen molar-refractivity contribution in [2.45, 2.75) is 32.4 Å². The van der Waals surface area contributed by atoms with Crippen LogP contribution in [-0.4, -0.2) is 41.8 Å². The van der Waals surface area contributed by atoms with Crippen LogP contribution in [0.1, 0.15) is 38.2 Å². The molecule has 0 spiro atoms. The zero-order valence-electron chi connectivity index (χ0n) is 18.5. The van der Waals surface area contributed by atoms with Gasteiger partial charge in [-0.3, -0.25) is 14.6 Å². The van der Waals surface area contributed by atoms with E-state index in [9.17, 15) is 4.79 Å². The normalized spacial score (nSPS) is 21.9. The van der Waals surface area contributed by atoms with Crippen molar-refractivity contribution in [3.05, 3.63) is 106 Å². The van der Waals surface area contributed by atoms with Gasteiger partial charge in [0.1, 0.15) is 5.54 Å². The molecule has 5 rings (SSSR count). The standard InChI is InChI=1S/C28H30N2O/c1-21-9-6-7-11-23(21)20-29-15-17-30(18-16-29)28(24-12-4-3-5-13-24)19-26-22(2)10-8-14-25(26)27(28)31/h3-14H,15-20H2,1-2H3. The van der Waals surface area contributed by atoms with E-state index in [1.165, 1.54) is 22.3 Å². The van der Waals surface area contributed by atoms with E-state index in [1.807, 2.05) is 18.2 Å². The van der Waals surface area contributed by atoms with Crippen molar-refractivity contribution in [1.29, 1.82) is 0 Å². The highest BCUT2D eigenvalue weighted by molar-refractivity contribution is 6.08. The summed E-state index contributed by atoms with van der Waals surface area (Å²) in [4.78, 5) is 18.9. The Morgan fingerprint density at radius 2 is 1.45 bits per heavy atom. The van der Waals surface area contributed by atoms with Crippen LogP contribution >= 0.6 is 0 Å². The van der Waals surface area contributed by atoms with Gasteiger partial charge in [0, 0.05) is 44.7 Å². The molecule has 1 unspecified atom stereocenters. The van der Waals surface area contributed by atoms with Gasteiger partial charge in [-0.25, -0.2) is 0 Å². The average molecular weight is 411 g/mol. The predicted molar refractivity (Wildman–Crippen MR) is 125 cm³/mol. The first-order chi connectivity index (χ1) is 15.1. The van der Waals surface area contributed by atoms with Crippen LogP contribution in [0.25, 0.3) is 0 Å². The Morgan fingerprint density at radius 3 is 2.16 bits per heavy atom. The summed E-state index contributed by atoms with van der Waals surface area (Å²) < 4.78 is 0. The molecule has 1 atom stereocenters. The first-order valence-corrected chi connectivity index (χ1v) is 11.3. The van der Waals surface area contributed by atoms with Crippen molar-refractivity contribution in [2.24, 2.45) is 0 Å². The van der Waals surface area contributed by atoms with Crippen molar-refractivity contribution in [3.8, 4) is 0 Å². The van der Waals surface area contributed by atoms with Crippen LogP contribution in [0.5, 0.6) is 0 Å². The lowest BCUT2D eigenvalue weighted by atomic mass is 9.83. The van der Waals surface area contributed by atoms with Crippen molar-refractivity contribution >= 4 is 5.78 Å². The second-order valence-electron chi connectivity index (χ2n) is 9.02. The topological polar surface area (TPSA) is 23.6 Å². The minimum atomic E-state index is -0.579. The average Bonchev–Trinajstić information content (AvgIpc) is 3.11. The first-order valence-electron chi connectivity index (χ1n) is 11.3. The lowest BCUT2D eigenvalue weighted by Gasteiger charge is -2.45. The lowest BCUT2D eigenvalue weighted by molar-refractivity contribution is 0.0287. The third-order valence-electron chi connectivity index (χ3n) is 7.28. The van der Waals surface area contributed by atoms with Crippen molar-refractivity contribution in [3.63, 3.8) is 0 Å². The van der Waals surface area contributed by atoms with Crippen LogP contribution in [0.3, 0.4) is 0 Å². The molecule has 1 aliphatic heterocycles. The Kier molecular flexibility index (Phi) is 5.25. The summed E-state index contributed by atoms with van der Waals surface area (Å²) >= 11 is 0. The third kappa shape index (κ3) is 3.42. The number of rotatable bonds is 4. The molecule has 158 valence electrons. The quantitative estimate of drug-likeness (QED) is 0.620. The van der Waals surface area contributed by atoms with E-state index in [0.29, 0.717) is 0 Å². The molecule has 31 heavy (non-hydrogen) atoms. The third-order valence-corrected chi connectivity index (χ3v) is 7.28. The van der Waals surface area contributed by atoms with Gasteiger partial charge < -0.3 is 0 Å². The largest absolute Gasteiger partial charge is 0.297 e. The van der Waals surface area contributed by atoms with Gasteiger partial charge >= 0.3 is 0 Å². The number of Topliss-reactive ketones (excluding diaryl/α,β-unsaturated/α-hetero) is 1. The molecular weight excluding hydrogens is 380 g/mol. The molecule has 1 saturated heterocycles. The molecule has 3 aromatic rings. The highest BCUT2D eigenvalue weighted by Gasteiger charge is 2.51. The molecule has 0 saturated carbocycles. The molecule has 0 bridgehead atoms. The molecule has 2 aliphatic rings. The number of ketones is 1. The van der Waals surface area contributed by atoms with Gasteiger partial charge in [-0.05, 0) is 41.7 Å². The number of benzene rings is 3. The van der Waals surface area contributed by atoms with Crippen LogP contribution in [0.2, 0.25) is 0 Å². The summed E-state index contributed by atoms with van der Waals surface area (Å²) in [5.74, 6) is 0.268. The maximum atomic E-state index is 13.9. The number of carbonyl (C=O) groups excluding carboxylic acids is 1. The number of hydrogen-bond acceptors (Lipinski definition) is 3. The first kappa shape index (κ1) is 20.2. The van der Waals surface area contributed by atoms with Crippen LogP contribution < -0.4 is 0 Å². The van der Waals surface area contributed by atoms with Gasteiger partial charge in [-0.15, -0.1) is 0 Å². The van der Waals surface area contributed by atoms with Gasteiger partial charge in [0.05, 0.1) is 0 Å². The molecule has 1 fully saturated rings. The van der Waals surface area contributed by atoms with E-state index in [4.69, 9.17) is 0 Å². The van der Waals surface area contributed by atoms with Gasteiger partial charge in [-0.1, -0.05) is 72.8 Å². The number of piperazine rings is 1. The molecule has 0 aromatic heterocycles. The minimum Gasteiger partial charge on any atom is -0.297 e. The van der Waals surface area contributed by atoms with E-state index in [0.717, 1.165) is 50.3 Å². The smallest absolute Gasteiger partial charge is 0.188 e. The van der Waals surface area contributed by atoms with Gasteiger partial charge in [-0.2, -0.15) is 0 Å². The number of fused-ring (bicyclic) bond motifs is 1. The Balaban J connectivity index is 1.43. The van der Waals surface area contributed by atoms with E-state index < -0.39 is 5.54 Å². The predicted octanol–water partition coefficient (Wildman–Crippen LogP) is 4.76. The van der Waals surface area contributed by atoms with Crippen LogP contribution in [0.15, 0.2) is 72.8 Å². The molecular formula is C28H30N2O. The summed E-state index contributed by atoms with van der Waals surface area (Å²) in [6, 6.07) is 25.3. The fourth-order valence-electron chi connectivity index (χ4n) is 5.41. The molecule has 3 aromatic carbocycles. The fourth-order valence-corrected chi connectivity index (χ4v) is 5.41. The second kappa shape index (κ2) is 8.07. The summed E-state index contributed by atoms with van der Waals surface area (Å²) in [7, 11) is 0. The highest BCUT2D eigenvalue weighted by Crippen LogP contribution is 2.44. The highest BCUT2D eigenvalue weighted by atomic mass is 16.1. The molecule has 0 N–H and O–H groups in total. The molecule has 0 amide bonds. The molecule has 3 nitrogen and oxygen atoms in total.